The summed E-state index contributed by atoms with van der Waals surface area (Å²) in [6.07, 6.45) is 3.45. The Morgan fingerprint density at radius 1 is 1.13 bits per heavy atom. The summed E-state index contributed by atoms with van der Waals surface area (Å²) in [4.78, 5) is 21.0. The number of carbonyl (C=O) groups excluding carboxylic acids is 1. The van der Waals surface area contributed by atoms with Crippen molar-refractivity contribution in [2.45, 2.75) is 19.3 Å². The van der Waals surface area contributed by atoms with E-state index in [0.717, 1.165) is 57.7 Å². The molecule has 118 valence electrons. The third kappa shape index (κ3) is 2.65. The molecule has 4 rings (SSSR count). The number of likely N-dealkylation sites (tertiary alicyclic amines) is 1. The van der Waals surface area contributed by atoms with Crippen LogP contribution in [-0.4, -0.2) is 36.0 Å². The van der Waals surface area contributed by atoms with Gasteiger partial charge in [-0.2, -0.15) is 0 Å². The fourth-order valence-electron chi connectivity index (χ4n) is 3.10. The maximum absolute atomic E-state index is 12.7. The van der Waals surface area contributed by atoms with Crippen LogP contribution in [0.5, 0.6) is 5.75 Å². The van der Waals surface area contributed by atoms with Crippen LogP contribution in [0.3, 0.4) is 0 Å². The van der Waals surface area contributed by atoms with Gasteiger partial charge in [0.2, 0.25) is 0 Å². The molecule has 3 aromatic rings. The lowest BCUT2D eigenvalue weighted by molar-refractivity contribution is 0.0729. The number of ether oxygens (including phenoxy) is 1. The van der Waals surface area contributed by atoms with E-state index in [1.165, 1.54) is 17.8 Å². The Morgan fingerprint density at radius 2 is 1.96 bits per heavy atom. The number of thiophene rings is 1. The Morgan fingerprint density at radius 3 is 2.74 bits per heavy atom. The minimum atomic E-state index is 0.148. The van der Waals surface area contributed by atoms with Crippen LogP contribution in [-0.2, 0) is 0 Å². The van der Waals surface area contributed by atoms with E-state index in [1.807, 2.05) is 29.2 Å². The summed E-state index contributed by atoms with van der Waals surface area (Å²) in [6.45, 7) is 1.75. The molecule has 0 unspecified atom stereocenters. The maximum atomic E-state index is 12.7. The molecule has 1 aliphatic rings. The number of benzene rings is 1. The fraction of sp³-hybridized carbons (Fsp3) is 0.333. The van der Waals surface area contributed by atoms with Gasteiger partial charge in [0.25, 0.3) is 5.91 Å². The van der Waals surface area contributed by atoms with Gasteiger partial charge in [-0.1, -0.05) is 0 Å². The highest BCUT2D eigenvalue weighted by Crippen LogP contribution is 2.30. The topological polar surface area (TPSA) is 42.4 Å². The van der Waals surface area contributed by atoms with Crippen molar-refractivity contribution < 1.29 is 9.53 Å². The third-order valence-electron chi connectivity index (χ3n) is 4.36. The van der Waals surface area contributed by atoms with Gasteiger partial charge in [-0.15, -0.1) is 11.3 Å². The summed E-state index contributed by atoms with van der Waals surface area (Å²) < 4.78 is 5.27. The van der Waals surface area contributed by atoms with E-state index in [9.17, 15) is 4.79 Å². The molecular weight excluding hydrogens is 308 g/mol. The van der Waals surface area contributed by atoms with Gasteiger partial charge in [-0.05, 0) is 49.6 Å². The molecule has 0 aliphatic carbocycles. The molecule has 1 aliphatic heterocycles. The molecule has 1 saturated heterocycles. The monoisotopic (exact) mass is 326 g/mol. The van der Waals surface area contributed by atoms with Gasteiger partial charge in [0.05, 0.1) is 17.5 Å². The van der Waals surface area contributed by atoms with Gasteiger partial charge < -0.3 is 9.64 Å². The average Bonchev–Trinajstić information content (AvgIpc) is 3.02. The van der Waals surface area contributed by atoms with Gasteiger partial charge in [0.15, 0.2) is 0 Å². The van der Waals surface area contributed by atoms with Gasteiger partial charge in [0, 0.05) is 23.9 Å². The summed E-state index contributed by atoms with van der Waals surface area (Å²) in [5.74, 6) is 0.966. The van der Waals surface area contributed by atoms with E-state index >= 15 is 0 Å². The lowest BCUT2D eigenvalue weighted by atomic mass is 10.1. The van der Waals surface area contributed by atoms with Crippen molar-refractivity contribution in [3.05, 3.63) is 35.2 Å². The second-order valence-corrected chi connectivity index (χ2v) is 6.94. The highest BCUT2D eigenvalue weighted by molar-refractivity contribution is 7.20. The van der Waals surface area contributed by atoms with Gasteiger partial charge in [-0.3, -0.25) is 4.79 Å². The Bertz CT molecular complexity index is 881. The molecule has 0 atom stereocenters. The molecule has 23 heavy (non-hydrogen) atoms. The van der Waals surface area contributed by atoms with Crippen LogP contribution in [0.4, 0.5) is 0 Å². The first-order chi connectivity index (χ1) is 11.2. The molecule has 4 nitrogen and oxygen atoms in total. The highest BCUT2D eigenvalue weighted by atomic mass is 32.1. The number of nitrogens with zero attached hydrogens (tertiary/aromatic N) is 2. The van der Waals surface area contributed by atoms with Crippen LogP contribution in [0.25, 0.3) is 21.1 Å². The molecule has 1 fully saturated rings. The zero-order chi connectivity index (χ0) is 15.8. The minimum absolute atomic E-state index is 0.148. The second kappa shape index (κ2) is 5.81. The van der Waals surface area contributed by atoms with Crippen LogP contribution in [0.15, 0.2) is 30.3 Å². The summed E-state index contributed by atoms with van der Waals surface area (Å²) >= 11 is 1.49. The lowest BCUT2D eigenvalue weighted by Crippen LogP contribution is -2.35. The minimum Gasteiger partial charge on any atom is -0.497 e. The van der Waals surface area contributed by atoms with E-state index in [0.29, 0.717) is 0 Å². The van der Waals surface area contributed by atoms with Crippen molar-refractivity contribution in [2.75, 3.05) is 20.2 Å². The Balaban J connectivity index is 1.74. The number of piperidine rings is 1. The molecule has 0 bridgehead atoms. The van der Waals surface area contributed by atoms with Gasteiger partial charge in [0.1, 0.15) is 10.6 Å². The Kier molecular flexibility index (Phi) is 3.65. The van der Waals surface area contributed by atoms with Crippen LogP contribution < -0.4 is 4.74 Å². The van der Waals surface area contributed by atoms with E-state index in [2.05, 4.69) is 6.07 Å². The molecule has 0 radical (unpaired) electrons. The van der Waals surface area contributed by atoms with Crippen LogP contribution >= 0.6 is 11.3 Å². The van der Waals surface area contributed by atoms with E-state index in [4.69, 9.17) is 9.72 Å². The number of amides is 1. The first-order valence-corrected chi connectivity index (χ1v) is 8.74. The zero-order valence-electron chi connectivity index (χ0n) is 13.0. The molecule has 0 N–H and O–H groups in total. The smallest absolute Gasteiger partial charge is 0.264 e. The number of hydrogen-bond donors (Lipinski definition) is 0. The van der Waals surface area contributed by atoms with Gasteiger partial charge in [-0.25, -0.2) is 4.98 Å². The molecule has 0 spiro atoms. The number of hydrogen-bond acceptors (Lipinski definition) is 4. The first-order valence-electron chi connectivity index (χ1n) is 7.92. The Labute approximate surface area is 138 Å². The average molecular weight is 326 g/mol. The number of pyridine rings is 1. The summed E-state index contributed by atoms with van der Waals surface area (Å²) in [5, 5.41) is 2.06. The molecule has 3 heterocycles. The number of methoxy groups -OCH3 is 1. The third-order valence-corrected chi connectivity index (χ3v) is 5.39. The maximum Gasteiger partial charge on any atom is 0.264 e. The van der Waals surface area contributed by atoms with Crippen molar-refractivity contribution >= 4 is 38.4 Å². The normalized spacial score (nSPS) is 15.3. The number of carbonyl (C=O) groups is 1. The molecule has 1 aromatic carbocycles. The zero-order valence-corrected chi connectivity index (χ0v) is 13.9. The van der Waals surface area contributed by atoms with Gasteiger partial charge >= 0.3 is 0 Å². The second-order valence-electron chi connectivity index (χ2n) is 5.90. The van der Waals surface area contributed by atoms with Crippen molar-refractivity contribution in [1.29, 1.82) is 0 Å². The molecule has 1 amide bonds. The van der Waals surface area contributed by atoms with E-state index in [1.54, 1.807) is 7.11 Å². The predicted octanol–water partition coefficient (Wildman–Crippen LogP) is 4.08. The highest BCUT2D eigenvalue weighted by Gasteiger charge is 2.20. The predicted molar refractivity (Wildman–Crippen MR) is 93.4 cm³/mol. The van der Waals surface area contributed by atoms with E-state index < -0.39 is 0 Å². The quantitative estimate of drug-likeness (QED) is 0.712. The first kappa shape index (κ1) is 14.5. The Hall–Kier alpha value is -2.14. The standard InChI is InChI=1S/C18H18N2O2S/c1-22-14-5-6-15-12(10-14)9-13-11-16(23-17(13)19-15)18(21)20-7-3-2-4-8-20/h5-6,9-11H,2-4,7-8H2,1H3. The molecular formula is C18H18N2O2S. The summed E-state index contributed by atoms with van der Waals surface area (Å²) in [6, 6.07) is 9.91. The SMILES string of the molecule is COc1ccc2nc3sc(C(=O)N4CCCCC4)cc3cc2c1. The van der Waals surface area contributed by atoms with Crippen LogP contribution in [0.1, 0.15) is 28.9 Å². The number of aromatic nitrogens is 1. The number of rotatable bonds is 2. The fourth-order valence-corrected chi connectivity index (χ4v) is 4.09. The lowest BCUT2D eigenvalue weighted by Gasteiger charge is -2.26. The van der Waals surface area contributed by atoms with Crippen LogP contribution in [0.2, 0.25) is 0 Å². The van der Waals surface area contributed by atoms with Crippen LogP contribution in [0, 0.1) is 0 Å². The summed E-state index contributed by atoms with van der Waals surface area (Å²) in [7, 11) is 1.66. The van der Waals surface area contributed by atoms with E-state index in [-0.39, 0.29) is 5.91 Å². The molecule has 2 aromatic heterocycles. The molecule has 5 heteroatoms. The van der Waals surface area contributed by atoms with Crippen molar-refractivity contribution in [3.8, 4) is 5.75 Å². The van der Waals surface area contributed by atoms with Crippen molar-refractivity contribution in [2.24, 2.45) is 0 Å². The summed E-state index contributed by atoms with van der Waals surface area (Å²) in [5.41, 5.74) is 0.928. The number of fused-ring (bicyclic) bond motifs is 2. The largest absolute Gasteiger partial charge is 0.497 e. The molecule has 0 saturated carbocycles. The van der Waals surface area contributed by atoms with Crippen molar-refractivity contribution in [3.63, 3.8) is 0 Å². The van der Waals surface area contributed by atoms with Crippen molar-refractivity contribution in [1.82, 2.24) is 9.88 Å².